The van der Waals surface area contributed by atoms with Crippen LogP contribution in [0.4, 0.5) is 0 Å². The summed E-state index contributed by atoms with van der Waals surface area (Å²) in [5.41, 5.74) is 2.17. The third kappa shape index (κ3) is 4.63. The molecule has 1 aromatic heterocycles. The fourth-order valence-electron chi connectivity index (χ4n) is 2.57. The van der Waals surface area contributed by atoms with Gasteiger partial charge < -0.3 is 9.47 Å². The van der Waals surface area contributed by atoms with Crippen LogP contribution in [-0.4, -0.2) is 46.8 Å². The van der Waals surface area contributed by atoms with Gasteiger partial charge in [0, 0.05) is 31.5 Å². The summed E-state index contributed by atoms with van der Waals surface area (Å²) in [6.07, 6.45) is 8.91. The third-order valence-corrected chi connectivity index (χ3v) is 3.96. The van der Waals surface area contributed by atoms with Gasteiger partial charge in [-0.25, -0.2) is 4.99 Å². The molecule has 0 N–H and O–H groups in total. The van der Waals surface area contributed by atoms with Gasteiger partial charge in [-0.2, -0.15) is 5.10 Å². The van der Waals surface area contributed by atoms with E-state index in [1.54, 1.807) is 0 Å². The molecular formula is C15H21ClN4O2. The number of ether oxygens (including phenoxy) is 2. The van der Waals surface area contributed by atoms with Gasteiger partial charge in [-0.05, 0) is 42.8 Å². The van der Waals surface area contributed by atoms with Crippen LogP contribution in [0.1, 0.15) is 31.2 Å². The van der Waals surface area contributed by atoms with Crippen molar-refractivity contribution in [2.45, 2.75) is 44.9 Å². The molecule has 0 amide bonds. The molecule has 0 aliphatic carbocycles. The molecule has 0 aromatic carbocycles. The fourth-order valence-corrected chi connectivity index (χ4v) is 2.78. The monoisotopic (exact) mass is 324 g/mol. The molecule has 0 bridgehead atoms. The van der Waals surface area contributed by atoms with Crippen LogP contribution in [0.3, 0.4) is 0 Å². The second-order valence-corrected chi connectivity index (χ2v) is 5.88. The minimum absolute atomic E-state index is 0.0261. The molecule has 0 radical (unpaired) electrons. The van der Waals surface area contributed by atoms with Crippen molar-refractivity contribution < 1.29 is 9.47 Å². The van der Waals surface area contributed by atoms with Crippen LogP contribution in [-0.2, 0) is 22.4 Å². The van der Waals surface area contributed by atoms with Crippen molar-refractivity contribution in [1.29, 1.82) is 0 Å². The van der Waals surface area contributed by atoms with E-state index in [1.165, 1.54) is 6.42 Å². The van der Waals surface area contributed by atoms with Crippen molar-refractivity contribution >= 4 is 22.6 Å². The van der Waals surface area contributed by atoms with Crippen molar-refractivity contribution in [3.8, 4) is 0 Å². The van der Waals surface area contributed by atoms with Gasteiger partial charge in [0.25, 0.3) is 0 Å². The number of hydrogen-bond acceptors (Lipinski definition) is 5. The summed E-state index contributed by atoms with van der Waals surface area (Å²) in [6, 6.07) is 0. The lowest BCUT2D eigenvalue weighted by Crippen LogP contribution is -2.23. The predicted molar refractivity (Wildman–Crippen MR) is 85.7 cm³/mol. The number of hydrogen-bond donors (Lipinski definition) is 0. The van der Waals surface area contributed by atoms with E-state index >= 15 is 0 Å². The molecular weight excluding hydrogens is 304 g/mol. The van der Waals surface area contributed by atoms with Crippen molar-refractivity contribution in [3.63, 3.8) is 0 Å². The molecule has 1 atom stereocenters. The zero-order chi connectivity index (χ0) is 15.2. The number of halogens is 1. The van der Waals surface area contributed by atoms with Crippen LogP contribution < -0.4 is 0 Å². The first kappa shape index (κ1) is 15.6. The average molecular weight is 325 g/mol. The molecule has 2 aliphatic heterocycles. The molecule has 120 valence electrons. The van der Waals surface area contributed by atoms with Crippen LogP contribution >= 0.6 is 11.6 Å². The lowest BCUT2D eigenvalue weighted by atomic mass is 10.2. The smallest absolute Gasteiger partial charge is 0.217 e. The topological polar surface area (TPSA) is 61.0 Å². The Labute approximate surface area is 135 Å². The van der Waals surface area contributed by atoms with E-state index in [4.69, 9.17) is 21.1 Å². The number of aliphatic imine (C=N–C) groups is 2. The third-order valence-electron chi connectivity index (χ3n) is 3.76. The van der Waals surface area contributed by atoms with Crippen LogP contribution in [0.5, 0.6) is 0 Å². The van der Waals surface area contributed by atoms with Crippen molar-refractivity contribution in [2.75, 3.05) is 19.8 Å². The molecule has 1 aromatic rings. The van der Waals surface area contributed by atoms with E-state index in [9.17, 15) is 0 Å². The summed E-state index contributed by atoms with van der Waals surface area (Å²) in [7, 11) is 0. The molecule has 2 aliphatic rings. The normalized spacial score (nSPS) is 22.3. The van der Waals surface area contributed by atoms with Crippen LogP contribution in [0, 0.1) is 0 Å². The van der Waals surface area contributed by atoms with Crippen LogP contribution in [0.2, 0.25) is 0 Å². The zero-order valence-corrected chi connectivity index (χ0v) is 13.3. The van der Waals surface area contributed by atoms with Gasteiger partial charge in [0.05, 0.1) is 19.3 Å². The van der Waals surface area contributed by atoms with Crippen molar-refractivity contribution in [3.05, 3.63) is 18.0 Å². The van der Waals surface area contributed by atoms with E-state index in [2.05, 4.69) is 15.1 Å². The van der Waals surface area contributed by atoms with Gasteiger partial charge in [0.15, 0.2) is 6.29 Å². The van der Waals surface area contributed by atoms with E-state index in [0.717, 1.165) is 43.6 Å². The van der Waals surface area contributed by atoms with Gasteiger partial charge in [-0.1, -0.05) is 0 Å². The van der Waals surface area contributed by atoms with Gasteiger partial charge in [-0.15, -0.1) is 0 Å². The van der Waals surface area contributed by atoms with E-state index in [-0.39, 0.29) is 6.29 Å². The molecule has 1 saturated heterocycles. The first-order valence-corrected chi connectivity index (χ1v) is 8.18. The molecule has 6 nitrogen and oxygen atoms in total. The molecule has 3 heterocycles. The molecule has 0 saturated carbocycles. The minimum Gasteiger partial charge on any atom is -0.353 e. The Balaban J connectivity index is 1.44. The second-order valence-electron chi connectivity index (χ2n) is 5.54. The molecule has 0 spiro atoms. The zero-order valence-electron chi connectivity index (χ0n) is 12.6. The Bertz CT molecular complexity index is 549. The van der Waals surface area contributed by atoms with E-state index < -0.39 is 0 Å². The average Bonchev–Trinajstić information content (AvgIpc) is 2.96. The number of aromatic nitrogens is 2. The maximum absolute atomic E-state index is 5.83. The van der Waals surface area contributed by atoms with Gasteiger partial charge >= 0.3 is 0 Å². The highest BCUT2D eigenvalue weighted by atomic mass is 35.5. The van der Waals surface area contributed by atoms with E-state index in [1.807, 2.05) is 17.1 Å². The fraction of sp³-hybridized carbons (Fsp3) is 0.667. The lowest BCUT2D eigenvalue weighted by molar-refractivity contribution is -0.161. The maximum atomic E-state index is 5.83. The summed E-state index contributed by atoms with van der Waals surface area (Å²) in [4.78, 5) is 8.29. The summed E-state index contributed by atoms with van der Waals surface area (Å²) >= 11 is 5.83. The maximum Gasteiger partial charge on any atom is 0.217 e. The summed E-state index contributed by atoms with van der Waals surface area (Å²) < 4.78 is 13.2. The van der Waals surface area contributed by atoms with Gasteiger partial charge in [0.2, 0.25) is 5.29 Å². The SMILES string of the molecule is ClC1=NCCC(Cn2cc(CCOC3CCCCO3)cn2)=N1. The standard InChI is InChI=1S/C15H21ClN4O2/c16-15-17-6-4-13(19-15)11-20-10-12(9-18-20)5-8-22-14-3-1-2-7-21-14/h9-10,14H,1-8,11H2. The number of amidine groups is 1. The molecule has 3 rings (SSSR count). The lowest BCUT2D eigenvalue weighted by Gasteiger charge is -2.22. The van der Waals surface area contributed by atoms with Crippen LogP contribution in [0.25, 0.3) is 0 Å². The number of rotatable bonds is 6. The quantitative estimate of drug-likeness (QED) is 0.755. The van der Waals surface area contributed by atoms with Crippen molar-refractivity contribution in [1.82, 2.24) is 9.78 Å². The number of nitrogens with zero attached hydrogens (tertiary/aromatic N) is 4. The molecule has 1 fully saturated rings. The Morgan fingerprint density at radius 3 is 3.18 bits per heavy atom. The van der Waals surface area contributed by atoms with Crippen molar-refractivity contribution in [2.24, 2.45) is 9.98 Å². The van der Waals surface area contributed by atoms with Crippen LogP contribution in [0.15, 0.2) is 22.4 Å². The minimum atomic E-state index is -0.0261. The molecule has 7 heteroatoms. The Hall–Kier alpha value is -1.24. The summed E-state index contributed by atoms with van der Waals surface area (Å²) in [5.74, 6) is 0. The highest BCUT2D eigenvalue weighted by Crippen LogP contribution is 2.14. The molecule has 22 heavy (non-hydrogen) atoms. The summed E-state index contributed by atoms with van der Waals surface area (Å²) in [6.45, 7) is 2.85. The second kappa shape index (κ2) is 7.85. The Morgan fingerprint density at radius 2 is 2.36 bits per heavy atom. The van der Waals surface area contributed by atoms with Gasteiger partial charge in [-0.3, -0.25) is 9.67 Å². The largest absolute Gasteiger partial charge is 0.353 e. The highest BCUT2D eigenvalue weighted by Gasteiger charge is 2.14. The first-order valence-electron chi connectivity index (χ1n) is 7.80. The Morgan fingerprint density at radius 1 is 1.41 bits per heavy atom. The first-order chi connectivity index (χ1) is 10.8. The Kier molecular flexibility index (Phi) is 5.58. The molecule has 1 unspecified atom stereocenters. The highest BCUT2D eigenvalue weighted by molar-refractivity contribution is 6.65. The van der Waals surface area contributed by atoms with E-state index in [0.29, 0.717) is 25.0 Å². The predicted octanol–water partition coefficient (Wildman–Crippen LogP) is 2.41. The summed E-state index contributed by atoms with van der Waals surface area (Å²) in [5, 5.41) is 4.71. The van der Waals surface area contributed by atoms with Gasteiger partial charge in [0.1, 0.15) is 0 Å².